The highest BCUT2D eigenvalue weighted by molar-refractivity contribution is 6.45. The second-order valence-corrected chi connectivity index (χ2v) is 32.0. The molecule has 21 aromatic rings. The van der Waals surface area contributed by atoms with Gasteiger partial charge in [0.1, 0.15) is 91.6 Å². The van der Waals surface area contributed by atoms with Crippen molar-refractivity contribution in [2.75, 3.05) is 10.6 Å². The van der Waals surface area contributed by atoms with Crippen LogP contribution in [0, 0.1) is 27.7 Å². The molecule has 18 heteroatoms. The van der Waals surface area contributed by atoms with Gasteiger partial charge in [-0.1, -0.05) is 182 Å². The fourth-order valence-electron chi connectivity index (χ4n) is 18.6. The Morgan fingerprint density at radius 3 is 0.871 bits per heavy atom. The standard InChI is InChI=1S/C106H68N4O14/c1-55-23-5-13-35-77(55)117-87-51-69-91-70(104(114)109(103(69)113)75(49-59-43-45-85-67(47-59)63-29-11-17-39-81(63)121-85)101(111)107-73-33-21-31-65-61-27-9-19-41-83(61)123-99(65)73)53-89(119-79-37-15-7-25-57(79)3)95-96-90(120-80-38-16-8-26-58(80)4)54-72-92-71(52-88(94(98(92)96)93(87)97(91)95)118-78-36-14-6-24-56(78)2)105(115)110(106(72)116)76(50-60-44-46-86-68(48-60)64-30-12-18-40-82(64)122-86)102(112)108-74-34-22-32-66-62-28-10-20-42-84(62)124-100(66)74/h5-48,51-54,75-76H,49-50H2,1-4H3,(H,107,111)(H,108,112). The Morgan fingerprint density at radius 1 is 0.274 bits per heavy atom. The van der Waals surface area contributed by atoms with Crippen LogP contribution in [-0.4, -0.2) is 57.3 Å². The van der Waals surface area contributed by atoms with Crippen molar-refractivity contribution in [3.05, 3.63) is 347 Å². The summed E-state index contributed by atoms with van der Waals surface area (Å²) in [5, 5.41) is 14.5. The lowest BCUT2D eigenvalue weighted by Crippen LogP contribution is -2.53. The zero-order valence-electron chi connectivity index (χ0n) is 66.9. The molecule has 0 saturated carbocycles. The van der Waals surface area contributed by atoms with E-state index in [0.717, 1.165) is 52.9 Å². The van der Waals surface area contributed by atoms with E-state index in [1.165, 1.54) is 0 Å². The van der Waals surface area contributed by atoms with Crippen molar-refractivity contribution in [3.8, 4) is 46.0 Å². The molecule has 0 fully saturated rings. The number of carbonyl (C=O) groups excluding carboxylic acids is 6. The van der Waals surface area contributed by atoms with Crippen molar-refractivity contribution < 1.29 is 65.4 Å². The van der Waals surface area contributed by atoms with E-state index in [1.807, 2.05) is 258 Å². The van der Waals surface area contributed by atoms with Gasteiger partial charge >= 0.3 is 0 Å². The van der Waals surface area contributed by atoms with Crippen LogP contribution in [0.1, 0.15) is 74.8 Å². The number of nitrogens with one attached hydrogen (secondary N) is 2. The molecule has 0 spiro atoms. The number of benzene rings is 17. The van der Waals surface area contributed by atoms with Gasteiger partial charge in [0.25, 0.3) is 23.6 Å². The van der Waals surface area contributed by atoms with Crippen LogP contribution < -0.4 is 29.6 Å². The van der Waals surface area contributed by atoms with Crippen LogP contribution in [0.5, 0.6) is 46.0 Å². The lowest BCUT2D eigenvalue weighted by Gasteiger charge is -2.36. The van der Waals surface area contributed by atoms with Crippen LogP contribution in [-0.2, 0) is 22.4 Å². The number of nitrogens with zero attached hydrogens (tertiary/aromatic N) is 2. The maximum Gasteiger partial charge on any atom is 0.262 e. The van der Waals surface area contributed by atoms with Crippen molar-refractivity contribution in [1.82, 2.24) is 9.80 Å². The molecule has 596 valence electrons. The van der Waals surface area contributed by atoms with E-state index in [4.69, 9.17) is 36.6 Å². The molecule has 124 heavy (non-hydrogen) atoms. The highest BCUT2D eigenvalue weighted by Gasteiger charge is 2.47. The Bertz CT molecular complexity index is 7560. The summed E-state index contributed by atoms with van der Waals surface area (Å²) in [5.41, 5.74) is 8.90. The molecule has 2 aliphatic heterocycles. The zero-order valence-corrected chi connectivity index (χ0v) is 66.9. The first-order valence-electron chi connectivity index (χ1n) is 40.9. The van der Waals surface area contributed by atoms with Crippen molar-refractivity contribution in [3.63, 3.8) is 0 Å². The number of amides is 6. The fraction of sp³-hybridized carbons (Fsp3) is 0.0755. The van der Waals surface area contributed by atoms with Gasteiger partial charge in [0.15, 0.2) is 11.2 Å². The van der Waals surface area contributed by atoms with Crippen LogP contribution in [0.4, 0.5) is 11.4 Å². The largest absolute Gasteiger partial charge is 0.456 e. The first-order chi connectivity index (χ1) is 60.6. The number of hydrogen-bond donors (Lipinski definition) is 2. The van der Waals surface area contributed by atoms with Gasteiger partial charge in [-0.25, -0.2) is 0 Å². The number of aryl methyl sites for hydroxylation is 4. The molecular formula is C106H68N4O14. The Kier molecular flexibility index (Phi) is 16.5. The van der Waals surface area contributed by atoms with Crippen LogP contribution in [0.3, 0.4) is 0 Å². The highest BCUT2D eigenvalue weighted by atomic mass is 16.5. The lowest BCUT2D eigenvalue weighted by atomic mass is 9.80. The second kappa shape index (κ2) is 28.2. The Balaban J connectivity index is 0.796. The molecular weight excluding hydrogens is 1550 g/mol. The number of imide groups is 2. The molecule has 0 radical (unpaired) electrons. The Hall–Kier alpha value is -16.3. The minimum absolute atomic E-state index is 0.0344. The smallest absolute Gasteiger partial charge is 0.262 e. The predicted molar refractivity (Wildman–Crippen MR) is 481 cm³/mol. The summed E-state index contributed by atoms with van der Waals surface area (Å²) in [6, 6.07) is 85.3. The lowest BCUT2D eigenvalue weighted by molar-refractivity contribution is -0.120. The highest BCUT2D eigenvalue weighted by Crippen LogP contribution is 2.59. The van der Waals surface area contributed by atoms with E-state index in [1.54, 1.807) is 60.7 Å². The van der Waals surface area contributed by atoms with Gasteiger partial charge in [-0.05, 0) is 170 Å². The van der Waals surface area contributed by atoms with Gasteiger partial charge in [0.05, 0.1) is 33.6 Å². The Labute approximate surface area is 704 Å². The van der Waals surface area contributed by atoms with Gasteiger partial charge < -0.3 is 47.2 Å². The van der Waals surface area contributed by atoms with Gasteiger partial charge in [-0.15, -0.1) is 0 Å². The first-order valence-corrected chi connectivity index (χ1v) is 40.9. The van der Waals surface area contributed by atoms with Gasteiger partial charge in [0, 0.05) is 99.0 Å². The molecule has 2 aliphatic rings. The number of hydrogen-bond acceptors (Lipinski definition) is 14. The van der Waals surface area contributed by atoms with Crippen LogP contribution in [0.15, 0.2) is 309 Å². The van der Waals surface area contributed by atoms with E-state index in [9.17, 15) is 0 Å². The van der Waals surface area contributed by atoms with E-state index in [0.29, 0.717) is 112 Å². The van der Waals surface area contributed by atoms with Crippen molar-refractivity contribution in [1.29, 1.82) is 0 Å². The number of rotatable bonds is 18. The second-order valence-electron chi connectivity index (χ2n) is 32.0. The Morgan fingerprint density at radius 2 is 0.548 bits per heavy atom. The fourth-order valence-corrected chi connectivity index (χ4v) is 18.6. The first kappa shape index (κ1) is 72.9. The summed E-state index contributed by atoms with van der Waals surface area (Å²) in [4.78, 5) is 104. The van der Waals surface area contributed by atoms with E-state index in [-0.39, 0.29) is 101 Å². The minimum Gasteiger partial charge on any atom is -0.456 e. The van der Waals surface area contributed by atoms with Crippen LogP contribution in [0.25, 0.3) is 131 Å². The maximum absolute atomic E-state index is 17.2. The monoisotopic (exact) mass is 1620 g/mol. The van der Waals surface area contributed by atoms with Gasteiger partial charge in [0.2, 0.25) is 11.8 Å². The number of carbonyl (C=O) groups is 6. The topological polar surface area (TPSA) is 222 Å². The average Bonchev–Trinajstić information content (AvgIpc) is 1.22. The van der Waals surface area contributed by atoms with Crippen LogP contribution in [0.2, 0.25) is 0 Å². The number of furan rings is 4. The molecule has 2 N–H and O–H groups in total. The molecule has 2 atom stereocenters. The van der Waals surface area contributed by atoms with Gasteiger partial charge in [-0.3, -0.25) is 38.6 Å². The minimum atomic E-state index is -1.60. The molecule has 0 saturated heterocycles. The molecule has 0 bridgehead atoms. The molecule has 4 aromatic heterocycles. The molecule has 23 rings (SSSR count). The van der Waals surface area contributed by atoms with E-state index in [2.05, 4.69) is 10.6 Å². The summed E-state index contributed by atoms with van der Waals surface area (Å²) in [6.07, 6.45) is -0.390. The third kappa shape index (κ3) is 11.5. The molecule has 0 aliphatic carbocycles. The summed E-state index contributed by atoms with van der Waals surface area (Å²) in [6.45, 7) is 7.57. The van der Waals surface area contributed by atoms with E-state index >= 15 is 28.8 Å². The number of fused-ring (bicyclic) bond motifs is 14. The van der Waals surface area contributed by atoms with Crippen molar-refractivity contribution >= 4 is 178 Å². The summed E-state index contributed by atoms with van der Waals surface area (Å²) < 4.78 is 55.6. The third-order valence-electron chi connectivity index (χ3n) is 24.5. The van der Waals surface area contributed by atoms with Crippen LogP contribution >= 0.6 is 0 Å². The summed E-state index contributed by atoms with van der Waals surface area (Å²) in [7, 11) is 0. The quantitative estimate of drug-likeness (QED) is 0.0463. The molecule has 6 amide bonds. The third-order valence-corrected chi connectivity index (χ3v) is 24.5. The number of para-hydroxylation sites is 10. The number of anilines is 2. The normalized spacial score (nSPS) is 13.4. The van der Waals surface area contributed by atoms with E-state index < -0.39 is 47.5 Å². The van der Waals surface area contributed by atoms with Crippen molar-refractivity contribution in [2.24, 2.45) is 0 Å². The molecule has 18 nitrogen and oxygen atoms in total. The van der Waals surface area contributed by atoms with Gasteiger partial charge in [-0.2, -0.15) is 0 Å². The predicted octanol–water partition coefficient (Wildman–Crippen LogP) is 25.4. The summed E-state index contributed by atoms with van der Waals surface area (Å²) >= 11 is 0. The summed E-state index contributed by atoms with van der Waals surface area (Å²) in [5.74, 6) is -3.08. The van der Waals surface area contributed by atoms with Crippen molar-refractivity contribution in [2.45, 2.75) is 52.6 Å². The molecule has 2 unspecified atom stereocenters. The number of ether oxygens (including phenoxy) is 4. The maximum atomic E-state index is 17.2. The molecule has 17 aromatic carbocycles. The average molecular weight is 1620 g/mol. The SMILES string of the molecule is Cc1ccccc1Oc1cc2c3c(cc(Oc4ccccc4C)c4c5c(Oc6ccccc6C)cc6c7c(cc(Oc8ccccc8C)c(c1c34)c75)C(=O)N(C(Cc1ccc3oc4ccccc4c3c1)C(=O)Nc1cccc3c1oc1ccccc13)C6=O)C(=O)N(C(Cc1ccc3oc4ccccc4c3c1)C(=O)Nc1cccc3c1oc1ccccc13)C2=O. The zero-order chi connectivity index (χ0) is 83.6. The molecule has 6 heterocycles.